The summed E-state index contributed by atoms with van der Waals surface area (Å²) in [7, 11) is 0. The SMILES string of the molecule is O=C(O)C1(CC2(CC3(C(=O)O)CCC4OC4C3)CCCCC2)CCC2OC2C1. The highest BCUT2D eigenvalue weighted by Gasteiger charge is 2.60. The molecule has 0 bridgehead atoms. The molecule has 3 saturated carbocycles. The Morgan fingerprint density at radius 2 is 1.18 bits per heavy atom. The summed E-state index contributed by atoms with van der Waals surface area (Å²) in [5, 5.41) is 20.4. The van der Waals surface area contributed by atoms with Crippen molar-refractivity contribution in [1.29, 1.82) is 0 Å². The van der Waals surface area contributed by atoms with Crippen molar-refractivity contribution in [3.63, 3.8) is 0 Å². The van der Waals surface area contributed by atoms with E-state index in [4.69, 9.17) is 9.47 Å². The average Bonchev–Trinajstić information content (AvgIpc) is 3.56. The van der Waals surface area contributed by atoms with Crippen LogP contribution in [-0.4, -0.2) is 46.6 Å². The minimum atomic E-state index is -0.748. The number of carbonyl (C=O) groups is 2. The van der Waals surface area contributed by atoms with E-state index in [1.807, 2.05) is 0 Å². The van der Waals surface area contributed by atoms with E-state index in [2.05, 4.69) is 0 Å². The maximum Gasteiger partial charge on any atom is 0.309 e. The number of carboxylic acids is 2. The van der Waals surface area contributed by atoms with Crippen molar-refractivity contribution in [2.75, 3.05) is 0 Å². The zero-order chi connectivity index (χ0) is 19.6. The van der Waals surface area contributed by atoms with Crippen LogP contribution in [0.1, 0.15) is 83.5 Å². The van der Waals surface area contributed by atoms with Gasteiger partial charge in [-0.15, -0.1) is 0 Å². The summed E-state index contributed by atoms with van der Waals surface area (Å²) < 4.78 is 11.3. The quantitative estimate of drug-likeness (QED) is 0.668. The largest absolute Gasteiger partial charge is 0.481 e. The molecule has 6 heteroatoms. The van der Waals surface area contributed by atoms with Crippen molar-refractivity contribution in [3.8, 4) is 0 Å². The minimum Gasteiger partial charge on any atom is -0.481 e. The first kappa shape index (κ1) is 18.9. The van der Waals surface area contributed by atoms with Crippen LogP contribution in [0.3, 0.4) is 0 Å². The predicted octanol–water partition coefficient (Wildman–Crippen LogP) is 3.76. The lowest BCUT2D eigenvalue weighted by Gasteiger charge is -2.49. The number of hydrogen-bond acceptors (Lipinski definition) is 4. The van der Waals surface area contributed by atoms with Gasteiger partial charge in [-0.2, -0.15) is 0 Å². The summed E-state index contributed by atoms with van der Waals surface area (Å²) in [5.74, 6) is -1.41. The molecule has 0 amide bonds. The van der Waals surface area contributed by atoms with Gasteiger partial charge in [0.1, 0.15) is 0 Å². The van der Waals surface area contributed by atoms with Crippen LogP contribution in [0.5, 0.6) is 0 Å². The summed E-state index contributed by atoms with van der Waals surface area (Å²) in [4.78, 5) is 24.9. The molecule has 6 atom stereocenters. The van der Waals surface area contributed by atoms with E-state index >= 15 is 0 Å². The summed E-state index contributed by atoms with van der Waals surface area (Å²) >= 11 is 0. The van der Waals surface area contributed by atoms with Crippen LogP contribution in [0.4, 0.5) is 0 Å². The Balaban J connectivity index is 1.43. The maximum absolute atomic E-state index is 12.4. The van der Waals surface area contributed by atoms with Crippen LogP contribution in [0.25, 0.3) is 0 Å². The highest BCUT2D eigenvalue weighted by Crippen LogP contribution is 2.60. The van der Waals surface area contributed by atoms with Gasteiger partial charge in [0.15, 0.2) is 0 Å². The predicted molar refractivity (Wildman–Crippen MR) is 99.9 cm³/mol. The molecule has 5 rings (SSSR count). The van der Waals surface area contributed by atoms with E-state index in [0.29, 0.717) is 38.5 Å². The first-order chi connectivity index (χ1) is 13.4. The number of aliphatic carboxylic acids is 2. The van der Waals surface area contributed by atoms with E-state index < -0.39 is 22.8 Å². The highest BCUT2D eigenvalue weighted by molar-refractivity contribution is 5.76. The molecule has 6 nitrogen and oxygen atoms in total. The Kier molecular flexibility index (Phi) is 4.33. The van der Waals surface area contributed by atoms with Crippen molar-refractivity contribution in [1.82, 2.24) is 0 Å². The van der Waals surface area contributed by atoms with E-state index in [1.54, 1.807) is 0 Å². The molecule has 0 aromatic heterocycles. The van der Waals surface area contributed by atoms with Crippen molar-refractivity contribution < 1.29 is 29.3 Å². The molecule has 6 unspecified atom stereocenters. The molecule has 28 heavy (non-hydrogen) atoms. The third-order valence-corrected chi connectivity index (χ3v) is 8.62. The number of ether oxygens (including phenoxy) is 2. The Morgan fingerprint density at radius 1 is 0.714 bits per heavy atom. The topological polar surface area (TPSA) is 99.7 Å². The molecule has 0 aromatic carbocycles. The van der Waals surface area contributed by atoms with Crippen LogP contribution < -0.4 is 0 Å². The number of fused-ring (bicyclic) bond motifs is 2. The number of epoxide rings is 2. The zero-order valence-electron chi connectivity index (χ0n) is 16.5. The summed E-state index contributed by atoms with van der Waals surface area (Å²) in [6.45, 7) is 0. The first-order valence-electron chi connectivity index (χ1n) is 11.1. The fourth-order valence-corrected chi connectivity index (χ4v) is 7.05. The third-order valence-electron chi connectivity index (χ3n) is 8.62. The second-order valence-electron chi connectivity index (χ2n) is 10.5. The summed E-state index contributed by atoms with van der Waals surface area (Å²) in [6.07, 6.45) is 11.4. The monoisotopic (exact) mass is 392 g/mol. The maximum atomic E-state index is 12.4. The number of carboxylic acid groups (broad SMARTS) is 2. The molecular weight excluding hydrogens is 360 g/mol. The standard InChI is InChI=1S/C22H32O6/c23-18(24)21(8-4-14-16(10-21)27-14)12-20(6-2-1-3-7-20)13-22(19(25)26)9-5-15-17(11-22)28-15/h14-17H,1-13H2,(H,23,24)(H,25,26). The van der Waals surface area contributed by atoms with Gasteiger partial charge in [-0.05, 0) is 69.6 Å². The van der Waals surface area contributed by atoms with Crippen LogP contribution >= 0.6 is 0 Å². The Labute approximate surface area is 166 Å². The molecule has 0 aromatic rings. The molecule has 2 heterocycles. The van der Waals surface area contributed by atoms with Gasteiger partial charge in [0.05, 0.1) is 35.2 Å². The van der Waals surface area contributed by atoms with Gasteiger partial charge in [0.25, 0.3) is 0 Å². The van der Waals surface area contributed by atoms with E-state index in [9.17, 15) is 19.8 Å². The Morgan fingerprint density at radius 3 is 1.57 bits per heavy atom. The summed E-state index contributed by atoms with van der Waals surface area (Å²) in [6, 6.07) is 0. The van der Waals surface area contributed by atoms with Crippen LogP contribution in [0.2, 0.25) is 0 Å². The zero-order valence-corrected chi connectivity index (χ0v) is 16.5. The third kappa shape index (κ3) is 3.17. The van der Waals surface area contributed by atoms with E-state index in [-0.39, 0.29) is 29.8 Å². The molecule has 0 radical (unpaired) electrons. The fraction of sp³-hybridized carbons (Fsp3) is 0.909. The average molecular weight is 392 g/mol. The molecule has 156 valence electrons. The Hall–Kier alpha value is -1.14. The highest BCUT2D eigenvalue weighted by atomic mass is 16.6. The van der Waals surface area contributed by atoms with Gasteiger partial charge in [-0.3, -0.25) is 9.59 Å². The lowest BCUT2D eigenvalue weighted by atomic mass is 9.54. The van der Waals surface area contributed by atoms with E-state index in [0.717, 1.165) is 38.5 Å². The lowest BCUT2D eigenvalue weighted by molar-refractivity contribution is -0.158. The molecule has 3 aliphatic carbocycles. The van der Waals surface area contributed by atoms with Crippen LogP contribution in [-0.2, 0) is 19.1 Å². The second-order valence-corrected chi connectivity index (χ2v) is 10.5. The lowest BCUT2D eigenvalue weighted by Crippen LogP contribution is -2.47. The van der Waals surface area contributed by atoms with Gasteiger partial charge in [0, 0.05) is 0 Å². The number of hydrogen-bond donors (Lipinski definition) is 2. The van der Waals surface area contributed by atoms with Crippen molar-refractivity contribution in [2.24, 2.45) is 16.2 Å². The number of rotatable bonds is 6. The van der Waals surface area contributed by atoms with Crippen LogP contribution in [0, 0.1) is 16.2 Å². The molecule has 2 aliphatic heterocycles. The van der Waals surface area contributed by atoms with Gasteiger partial charge >= 0.3 is 11.9 Å². The first-order valence-corrected chi connectivity index (χ1v) is 11.1. The van der Waals surface area contributed by atoms with Gasteiger partial charge < -0.3 is 19.7 Å². The van der Waals surface area contributed by atoms with E-state index in [1.165, 1.54) is 6.42 Å². The van der Waals surface area contributed by atoms with Gasteiger partial charge in [-0.1, -0.05) is 19.3 Å². The van der Waals surface area contributed by atoms with Crippen LogP contribution in [0.15, 0.2) is 0 Å². The molecule has 5 aliphatic rings. The molecular formula is C22H32O6. The van der Waals surface area contributed by atoms with Gasteiger partial charge in [-0.25, -0.2) is 0 Å². The molecule has 0 spiro atoms. The minimum absolute atomic E-state index is 0.106. The smallest absolute Gasteiger partial charge is 0.309 e. The molecule has 2 saturated heterocycles. The second kappa shape index (κ2) is 6.43. The molecule has 5 fully saturated rings. The van der Waals surface area contributed by atoms with Crippen molar-refractivity contribution >= 4 is 11.9 Å². The molecule has 2 N–H and O–H groups in total. The normalized spacial score (nSPS) is 46.1. The van der Waals surface area contributed by atoms with Crippen molar-refractivity contribution in [3.05, 3.63) is 0 Å². The Bertz CT molecular complexity index is 620. The fourth-order valence-electron chi connectivity index (χ4n) is 7.05. The van der Waals surface area contributed by atoms with Crippen molar-refractivity contribution in [2.45, 2.75) is 108 Å². The van der Waals surface area contributed by atoms with Gasteiger partial charge in [0.2, 0.25) is 0 Å². The summed E-state index contributed by atoms with van der Waals surface area (Å²) in [5.41, 5.74) is -1.68.